The Morgan fingerprint density at radius 1 is 1.26 bits per heavy atom. The van der Waals surface area contributed by atoms with E-state index in [1.54, 1.807) is 0 Å². The standard InChI is InChI=1S/C16H25NO2/c1-6-19-14-9-7-13(8-10-14)12(2)17-15(18)11-16(3,4)5/h7-10,12H,6,11H2,1-5H3,(H,17,18). The molecule has 0 aliphatic rings. The van der Waals surface area contributed by atoms with Gasteiger partial charge < -0.3 is 10.1 Å². The van der Waals surface area contributed by atoms with Crippen molar-refractivity contribution in [3.8, 4) is 5.75 Å². The van der Waals surface area contributed by atoms with Gasteiger partial charge in [0, 0.05) is 6.42 Å². The average Bonchev–Trinajstić information content (AvgIpc) is 2.27. The van der Waals surface area contributed by atoms with Gasteiger partial charge in [-0.25, -0.2) is 0 Å². The van der Waals surface area contributed by atoms with Crippen LogP contribution in [0.2, 0.25) is 0 Å². The minimum absolute atomic E-state index is 0.0165. The third kappa shape index (κ3) is 5.77. The molecule has 19 heavy (non-hydrogen) atoms. The zero-order valence-corrected chi connectivity index (χ0v) is 12.6. The third-order valence-electron chi connectivity index (χ3n) is 2.76. The van der Waals surface area contributed by atoms with Gasteiger partial charge in [0.15, 0.2) is 0 Å². The van der Waals surface area contributed by atoms with Gasteiger partial charge in [-0.05, 0) is 37.0 Å². The van der Waals surface area contributed by atoms with Crippen molar-refractivity contribution >= 4 is 5.91 Å². The fourth-order valence-corrected chi connectivity index (χ4v) is 1.88. The van der Waals surface area contributed by atoms with Crippen LogP contribution in [-0.2, 0) is 4.79 Å². The second-order valence-corrected chi connectivity index (χ2v) is 6.03. The highest BCUT2D eigenvalue weighted by Crippen LogP contribution is 2.21. The van der Waals surface area contributed by atoms with Crippen molar-refractivity contribution in [2.45, 2.75) is 47.1 Å². The summed E-state index contributed by atoms with van der Waals surface area (Å²) in [4.78, 5) is 11.9. The molecular weight excluding hydrogens is 238 g/mol. The van der Waals surface area contributed by atoms with Crippen LogP contribution in [0.3, 0.4) is 0 Å². The van der Waals surface area contributed by atoms with Crippen molar-refractivity contribution < 1.29 is 9.53 Å². The average molecular weight is 263 g/mol. The van der Waals surface area contributed by atoms with Gasteiger partial charge in [-0.1, -0.05) is 32.9 Å². The van der Waals surface area contributed by atoms with E-state index in [4.69, 9.17) is 4.74 Å². The molecule has 0 aliphatic heterocycles. The number of amides is 1. The topological polar surface area (TPSA) is 38.3 Å². The van der Waals surface area contributed by atoms with Gasteiger partial charge in [-0.15, -0.1) is 0 Å². The van der Waals surface area contributed by atoms with E-state index in [-0.39, 0.29) is 17.4 Å². The number of carbonyl (C=O) groups excluding carboxylic acids is 1. The Kier molecular flexibility index (Phi) is 5.40. The van der Waals surface area contributed by atoms with Crippen LogP contribution < -0.4 is 10.1 Å². The summed E-state index contributed by atoms with van der Waals surface area (Å²) in [7, 11) is 0. The van der Waals surface area contributed by atoms with Crippen LogP contribution in [0.25, 0.3) is 0 Å². The van der Waals surface area contributed by atoms with Crippen LogP contribution in [-0.4, -0.2) is 12.5 Å². The first-order valence-electron chi connectivity index (χ1n) is 6.84. The lowest BCUT2D eigenvalue weighted by Crippen LogP contribution is -2.29. The number of rotatable bonds is 5. The van der Waals surface area contributed by atoms with E-state index in [0.29, 0.717) is 13.0 Å². The first-order chi connectivity index (χ1) is 8.81. The summed E-state index contributed by atoms with van der Waals surface area (Å²) in [5, 5.41) is 3.02. The summed E-state index contributed by atoms with van der Waals surface area (Å²) in [6, 6.07) is 7.88. The fourth-order valence-electron chi connectivity index (χ4n) is 1.88. The number of benzene rings is 1. The minimum atomic E-state index is 0.0165. The Morgan fingerprint density at radius 2 is 1.84 bits per heavy atom. The van der Waals surface area contributed by atoms with Crippen molar-refractivity contribution in [1.29, 1.82) is 0 Å². The van der Waals surface area contributed by atoms with E-state index in [2.05, 4.69) is 26.1 Å². The van der Waals surface area contributed by atoms with Gasteiger partial charge in [0.2, 0.25) is 5.91 Å². The lowest BCUT2D eigenvalue weighted by molar-refractivity contribution is -0.123. The van der Waals surface area contributed by atoms with E-state index in [1.807, 2.05) is 38.1 Å². The van der Waals surface area contributed by atoms with Gasteiger partial charge >= 0.3 is 0 Å². The van der Waals surface area contributed by atoms with E-state index in [1.165, 1.54) is 0 Å². The monoisotopic (exact) mass is 263 g/mol. The van der Waals surface area contributed by atoms with Crippen LogP contribution in [0.15, 0.2) is 24.3 Å². The molecule has 0 aliphatic carbocycles. The molecule has 1 amide bonds. The lowest BCUT2D eigenvalue weighted by atomic mass is 9.91. The highest BCUT2D eigenvalue weighted by atomic mass is 16.5. The largest absolute Gasteiger partial charge is 0.494 e. The molecule has 0 saturated carbocycles. The molecule has 3 heteroatoms. The minimum Gasteiger partial charge on any atom is -0.494 e. The van der Waals surface area contributed by atoms with Gasteiger partial charge in [0.1, 0.15) is 5.75 Å². The molecular formula is C16H25NO2. The fraction of sp³-hybridized carbons (Fsp3) is 0.562. The van der Waals surface area contributed by atoms with Crippen molar-refractivity contribution in [2.24, 2.45) is 5.41 Å². The summed E-state index contributed by atoms with van der Waals surface area (Å²) < 4.78 is 5.40. The highest BCUT2D eigenvalue weighted by molar-refractivity contribution is 5.77. The van der Waals surface area contributed by atoms with E-state index in [0.717, 1.165) is 11.3 Å². The molecule has 1 aromatic rings. The zero-order chi connectivity index (χ0) is 14.5. The Morgan fingerprint density at radius 3 is 2.32 bits per heavy atom. The predicted molar refractivity (Wildman–Crippen MR) is 78.2 cm³/mol. The first kappa shape index (κ1) is 15.5. The van der Waals surface area contributed by atoms with Gasteiger partial charge in [-0.3, -0.25) is 4.79 Å². The third-order valence-corrected chi connectivity index (χ3v) is 2.76. The maximum atomic E-state index is 11.9. The SMILES string of the molecule is CCOc1ccc(C(C)NC(=O)CC(C)(C)C)cc1. The smallest absolute Gasteiger partial charge is 0.220 e. The van der Waals surface area contributed by atoms with Crippen molar-refractivity contribution in [3.05, 3.63) is 29.8 Å². The molecule has 1 atom stereocenters. The van der Waals surface area contributed by atoms with Crippen LogP contribution in [0.4, 0.5) is 0 Å². The molecule has 1 aromatic carbocycles. The predicted octanol–water partition coefficient (Wildman–Crippen LogP) is 3.70. The highest BCUT2D eigenvalue weighted by Gasteiger charge is 2.17. The van der Waals surface area contributed by atoms with Gasteiger partial charge in [0.05, 0.1) is 12.6 Å². The Labute approximate surface area is 116 Å². The molecule has 106 valence electrons. The molecule has 0 bridgehead atoms. The molecule has 0 fully saturated rings. The van der Waals surface area contributed by atoms with Crippen LogP contribution in [0, 0.1) is 5.41 Å². The van der Waals surface area contributed by atoms with Gasteiger partial charge in [-0.2, -0.15) is 0 Å². The van der Waals surface area contributed by atoms with Crippen LogP contribution in [0.5, 0.6) is 5.75 Å². The number of ether oxygens (including phenoxy) is 1. The molecule has 3 nitrogen and oxygen atoms in total. The van der Waals surface area contributed by atoms with E-state index in [9.17, 15) is 4.79 Å². The molecule has 1 rings (SSSR count). The molecule has 0 saturated heterocycles. The lowest BCUT2D eigenvalue weighted by Gasteiger charge is -2.20. The Bertz CT molecular complexity index is 404. The summed E-state index contributed by atoms with van der Waals surface area (Å²) in [6.07, 6.45) is 0.536. The second kappa shape index (κ2) is 6.60. The summed E-state index contributed by atoms with van der Waals surface area (Å²) in [6.45, 7) is 10.8. The zero-order valence-electron chi connectivity index (χ0n) is 12.6. The van der Waals surface area contributed by atoms with Crippen LogP contribution >= 0.6 is 0 Å². The van der Waals surface area contributed by atoms with E-state index < -0.39 is 0 Å². The maximum Gasteiger partial charge on any atom is 0.220 e. The Balaban J connectivity index is 2.57. The second-order valence-electron chi connectivity index (χ2n) is 6.03. The van der Waals surface area contributed by atoms with E-state index >= 15 is 0 Å². The summed E-state index contributed by atoms with van der Waals surface area (Å²) >= 11 is 0. The summed E-state index contributed by atoms with van der Waals surface area (Å²) in [5.74, 6) is 0.952. The maximum absolute atomic E-state index is 11.9. The molecule has 0 aromatic heterocycles. The molecule has 0 heterocycles. The molecule has 0 spiro atoms. The number of nitrogens with one attached hydrogen (secondary N) is 1. The quantitative estimate of drug-likeness (QED) is 0.879. The molecule has 0 radical (unpaired) electrons. The van der Waals surface area contributed by atoms with Crippen LogP contribution in [0.1, 0.15) is 52.6 Å². The van der Waals surface area contributed by atoms with Crippen molar-refractivity contribution in [1.82, 2.24) is 5.32 Å². The first-order valence-corrected chi connectivity index (χ1v) is 6.84. The molecule has 1 N–H and O–H groups in total. The molecule has 1 unspecified atom stereocenters. The number of carbonyl (C=O) groups is 1. The normalized spacial score (nSPS) is 12.9. The van der Waals surface area contributed by atoms with Crippen molar-refractivity contribution in [2.75, 3.05) is 6.61 Å². The van der Waals surface area contributed by atoms with Crippen molar-refractivity contribution in [3.63, 3.8) is 0 Å². The van der Waals surface area contributed by atoms with Gasteiger partial charge in [0.25, 0.3) is 0 Å². The number of hydrogen-bond acceptors (Lipinski definition) is 2. The Hall–Kier alpha value is -1.51. The summed E-state index contributed by atoms with van der Waals surface area (Å²) in [5.41, 5.74) is 1.11. The number of hydrogen-bond donors (Lipinski definition) is 1.